The quantitative estimate of drug-likeness (QED) is 0.928. The highest BCUT2D eigenvalue weighted by molar-refractivity contribution is 5.89. The van der Waals surface area contributed by atoms with Crippen molar-refractivity contribution in [2.75, 3.05) is 11.9 Å². The van der Waals surface area contributed by atoms with Crippen LogP contribution in [0.2, 0.25) is 0 Å². The molecule has 2 aromatic heterocycles. The minimum absolute atomic E-state index is 0.125. The highest BCUT2D eigenvalue weighted by Crippen LogP contribution is 2.13. The average Bonchev–Trinajstić information content (AvgIpc) is 2.77. The van der Waals surface area contributed by atoms with E-state index in [1.54, 1.807) is 28.2 Å². The summed E-state index contributed by atoms with van der Waals surface area (Å²) in [4.78, 5) is 18.0. The van der Waals surface area contributed by atoms with Gasteiger partial charge in [-0.3, -0.25) is 9.67 Å². The molecule has 2 amide bonds. The van der Waals surface area contributed by atoms with Crippen molar-refractivity contribution in [2.24, 2.45) is 7.05 Å². The summed E-state index contributed by atoms with van der Waals surface area (Å²) >= 11 is 0. The van der Waals surface area contributed by atoms with Crippen molar-refractivity contribution in [1.29, 1.82) is 0 Å². The number of aryl methyl sites for hydroxylation is 1. The molecule has 0 aliphatic heterocycles. The molecule has 2 heterocycles. The van der Waals surface area contributed by atoms with E-state index in [1.165, 1.54) is 0 Å². The van der Waals surface area contributed by atoms with Crippen molar-refractivity contribution in [3.63, 3.8) is 0 Å². The Kier molecular flexibility index (Phi) is 4.34. The van der Waals surface area contributed by atoms with Crippen LogP contribution in [0.25, 0.3) is 0 Å². The van der Waals surface area contributed by atoms with Crippen LogP contribution < -0.4 is 5.32 Å². The lowest BCUT2D eigenvalue weighted by molar-refractivity contribution is 0.212. The van der Waals surface area contributed by atoms with E-state index < -0.39 is 0 Å². The van der Waals surface area contributed by atoms with Crippen LogP contribution in [0, 0.1) is 6.92 Å². The number of carbonyl (C=O) groups excluding carboxylic acids is 1. The van der Waals surface area contributed by atoms with Crippen LogP contribution in [0.3, 0.4) is 0 Å². The summed E-state index contributed by atoms with van der Waals surface area (Å²) in [5.41, 5.74) is 2.73. The molecule has 0 atom stereocenters. The van der Waals surface area contributed by atoms with Gasteiger partial charge in [0.15, 0.2) is 0 Å². The van der Waals surface area contributed by atoms with E-state index in [-0.39, 0.29) is 6.03 Å². The van der Waals surface area contributed by atoms with Crippen molar-refractivity contribution >= 4 is 11.7 Å². The maximum atomic E-state index is 12.3. The van der Waals surface area contributed by atoms with Gasteiger partial charge in [-0.15, -0.1) is 0 Å². The summed E-state index contributed by atoms with van der Waals surface area (Å²) in [6, 6.07) is 3.69. The monoisotopic (exact) mass is 273 g/mol. The maximum absolute atomic E-state index is 12.3. The van der Waals surface area contributed by atoms with Crippen LogP contribution in [0.4, 0.5) is 10.5 Å². The largest absolute Gasteiger partial charge is 0.322 e. The summed E-state index contributed by atoms with van der Waals surface area (Å²) in [5.74, 6) is 0. The molecule has 2 aromatic rings. The fourth-order valence-corrected chi connectivity index (χ4v) is 1.85. The lowest BCUT2D eigenvalue weighted by atomic mass is 10.2. The zero-order valence-electron chi connectivity index (χ0n) is 12.0. The number of nitrogens with one attached hydrogen (secondary N) is 1. The predicted molar refractivity (Wildman–Crippen MR) is 77.3 cm³/mol. The Hall–Kier alpha value is -2.37. The third kappa shape index (κ3) is 3.14. The van der Waals surface area contributed by atoms with Crippen LogP contribution >= 0.6 is 0 Å². The first-order valence-electron chi connectivity index (χ1n) is 6.55. The molecular weight excluding hydrogens is 254 g/mol. The second-order valence-electron chi connectivity index (χ2n) is 4.57. The van der Waals surface area contributed by atoms with Gasteiger partial charge in [0.25, 0.3) is 0 Å². The molecule has 0 aliphatic rings. The number of carbonyl (C=O) groups is 1. The van der Waals surface area contributed by atoms with Crippen LogP contribution in [0.1, 0.15) is 18.2 Å². The molecule has 1 N–H and O–H groups in total. The van der Waals surface area contributed by atoms with Crippen LogP contribution in [-0.4, -0.2) is 32.2 Å². The molecule has 0 radical (unpaired) electrons. The number of anilines is 1. The molecule has 0 fully saturated rings. The van der Waals surface area contributed by atoms with Gasteiger partial charge in [0.05, 0.1) is 17.6 Å². The third-order valence-corrected chi connectivity index (χ3v) is 3.27. The number of hydrogen-bond acceptors (Lipinski definition) is 3. The van der Waals surface area contributed by atoms with Crippen LogP contribution in [0.5, 0.6) is 0 Å². The Balaban J connectivity index is 2.04. The molecule has 0 aliphatic carbocycles. The van der Waals surface area contributed by atoms with Crippen molar-refractivity contribution in [1.82, 2.24) is 19.7 Å². The molecule has 6 nitrogen and oxygen atoms in total. The molecule has 20 heavy (non-hydrogen) atoms. The summed E-state index contributed by atoms with van der Waals surface area (Å²) in [6.45, 7) is 5.07. The molecule has 0 saturated heterocycles. The van der Waals surface area contributed by atoms with Crippen LogP contribution in [0.15, 0.2) is 30.7 Å². The van der Waals surface area contributed by atoms with E-state index in [4.69, 9.17) is 0 Å². The molecule has 0 saturated carbocycles. The molecule has 6 heteroatoms. The van der Waals surface area contributed by atoms with Gasteiger partial charge in [-0.05, 0) is 31.5 Å². The molecule has 106 valence electrons. The van der Waals surface area contributed by atoms with E-state index in [0.717, 1.165) is 16.9 Å². The first-order valence-corrected chi connectivity index (χ1v) is 6.55. The Labute approximate surface area is 118 Å². The molecule has 0 unspecified atom stereocenters. The van der Waals surface area contributed by atoms with Crippen molar-refractivity contribution in [3.05, 3.63) is 42.0 Å². The van der Waals surface area contributed by atoms with Gasteiger partial charge in [0, 0.05) is 32.5 Å². The lowest BCUT2D eigenvalue weighted by Gasteiger charge is -2.21. The number of urea groups is 1. The Morgan fingerprint density at radius 2 is 2.10 bits per heavy atom. The van der Waals surface area contributed by atoms with Crippen LogP contribution in [-0.2, 0) is 13.6 Å². The zero-order chi connectivity index (χ0) is 14.5. The minimum Gasteiger partial charge on any atom is -0.320 e. The summed E-state index contributed by atoms with van der Waals surface area (Å²) in [5, 5.41) is 7.00. The fraction of sp³-hybridized carbons (Fsp3) is 0.357. The number of rotatable bonds is 4. The fourth-order valence-electron chi connectivity index (χ4n) is 1.85. The minimum atomic E-state index is -0.125. The van der Waals surface area contributed by atoms with Gasteiger partial charge in [0.1, 0.15) is 0 Å². The first-order chi connectivity index (χ1) is 9.61. The third-order valence-electron chi connectivity index (χ3n) is 3.27. The van der Waals surface area contributed by atoms with Gasteiger partial charge in [0.2, 0.25) is 0 Å². The molecular formula is C14H19N5O. The maximum Gasteiger partial charge on any atom is 0.322 e. The summed E-state index contributed by atoms with van der Waals surface area (Å²) < 4.78 is 1.73. The van der Waals surface area contributed by atoms with E-state index >= 15 is 0 Å². The standard InChI is InChI=1S/C14H19N5O/c1-4-19(10-12-5-7-15-8-6-12)14(20)17-13-9-16-18(3)11(13)2/h5-9H,4,10H2,1-3H3,(H,17,20). The van der Waals surface area contributed by atoms with E-state index in [1.807, 2.05) is 33.0 Å². The smallest absolute Gasteiger partial charge is 0.320 e. The van der Waals surface area contributed by atoms with Crippen molar-refractivity contribution < 1.29 is 4.79 Å². The second kappa shape index (κ2) is 6.18. The summed E-state index contributed by atoms with van der Waals surface area (Å²) in [6.07, 6.45) is 5.12. The average molecular weight is 273 g/mol. The summed E-state index contributed by atoms with van der Waals surface area (Å²) in [7, 11) is 1.85. The van der Waals surface area contributed by atoms with Crippen molar-refractivity contribution in [2.45, 2.75) is 20.4 Å². The predicted octanol–water partition coefficient (Wildman–Crippen LogP) is 2.18. The molecule has 0 spiro atoms. The number of pyridine rings is 1. The van der Waals surface area contributed by atoms with Gasteiger partial charge in [-0.25, -0.2) is 4.79 Å². The van der Waals surface area contributed by atoms with Gasteiger partial charge in [-0.2, -0.15) is 5.10 Å². The zero-order valence-corrected chi connectivity index (χ0v) is 12.0. The highest BCUT2D eigenvalue weighted by Gasteiger charge is 2.14. The van der Waals surface area contributed by atoms with Gasteiger partial charge in [-0.1, -0.05) is 0 Å². The number of aromatic nitrogens is 3. The first kappa shape index (κ1) is 14.0. The SMILES string of the molecule is CCN(Cc1ccncc1)C(=O)Nc1cnn(C)c1C. The molecule has 0 bridgehead atoms. The Morgan fingerprint density at radius 1 is 1.40 bits per heavy atom. The topological polar surface area (TPSA) is 63.1 Å². The molecule has 0 aromatic carbocycles. The van der Waals surface area contributed by atoms with E-state index in [0.29, 0.717) is 13.1 Å². The Bertz CT molecular complexity index is 579. The normalized spacial score (nSPS) is 10.3. The second-order valence-corrected chi connectivity index (χ2v) is 4.57. The number of nitrogens with zero attached hydrogens (tertiary/aromatic N) is 4. The number of hydrogen-bond donors (Lipinski definition) is 1. The van der Waals surface area contributed by atoms with Crippen molar-refractivity contribution in [3.8, 4) is 0 Å². The lowest BCUT2D eigenvalue weighted by Crippen LogP contribution is -2.34. The number of amides is 2. The molecule has 2 rings (SSSR count). The van der Waals surface area contributed by atoms with E-state index in [2.05, 4.69) is 15.4 Å². The van der Waals surface area contributed by atoms with E-state index in [9.17, 15) is 4.79 Å². The highest BCUT2D eigenvalue weighted by atomic mass is 16.2. The van der Waals surface area contributed by atoms with Gasteiger partial charge < -0.3 is 10.2 Å². The Morgan fingerprint density at radius 3 is 2.65 bits per heavy atom. The van der Waals surface area contributed by atoms with Gasteiger partial charge >= 0.3 is 6.03 Å².